The highest BCUT2D eigenvalue weighted by atomic mass is 19.3. The third-order valence-corrected chi connectivity index (χ3v) is 4.30. The number of carbonyl (C=O) groups is 2. The number of methoxy groups -OCH3 is 1. The Labute approximate surface area is 159 Å². The molecule has 0 radical (unpaired) electrons. The molecule has 1 aliphatic rings. The summed E-state index contributed by atoms with van der Waals surface area (Å²) < 4.78 is 36.7. The molecule has 0 unspecified atom stereocenters. The zero-order valence-corrected chi connectivity index (χ0v) is 14.9. The maximum atomic E-state index is 13.2. The number of halogens is 2. The van der Waals surface area contributed by atoms with Crippen molar-refractivity contribution in [2.45, 2.75) is 6.43 Å². The molecular formula is C18H18F2N4O4. The molecule has 0 atom stereocenters. The molecule has 3 N–H and O–H groups in total. The number of benzene rings is 1. The van der Waals surface area contributed by atoms with Crippen molar-refractivity contribution in [1.29, 1.82) is 0 Å². The molecule has 28 heavy (non-hydrogen) atoms. The highest BCUT2D eigenvalue weighted by molar-refractivity contribution is 6.03. The molecule has 1 aromatic carbocycles. The van der Waals surface area contributed by atoms with Gasteiger partial charge >= 0.3 is 0 Å². The van der Waals surface area contributed by atoms with Gasteiger partial charge in [0.2, 0.25) is 0 Å². The molecule has 0 bridgehead atoms. The summed E-state index contributed by atoms with van der Waals surface area (Å²) in [6, 6.07) is 5.76. The summed E-state index contributed by atoms with van der Waals surface area (Å²) in [5.74, 6) is 4.59. The van der Waals surface area contributed by atoms with Crippen molar-refractivity contribution in [3.8, 4) is 16.9 Å². The number of hydrogen-bond donors (Lipinski definition) is 2. The number of anilines is 1. The molecule has 1 saturated heterocycles. The SMILES string of the molecule is COc1cnc(C(F)F)cc1-c1cc(N2CCOCC2=O)ccc1C(=O)NN. The minimum Gasteiger partial charge on any atom is -0.494 e. The van der Waals surface area contributed by atoms with Crippen LogP contribution in [-0.4, -0.2) is 43.7 Å². The van der Waals surface area contributed by atoms with Crippen molar-refractivity contribution >= 4 is 17.5 Å². The van der Waals surface area contributed by atoms with Gasteiger partial charge in [0.05, 0.1) is 19.9 Å². The normalized spacial score (nSPS) is 14.3. The van der Waals surface area contributed by atoms with Crippen molar-refractivity contribution in [2.24, 2.45) is 5.84 Å². The third kappa shape index (κ3) is 3.78. The van der Waals surface area contributed by atoms with Gasteiger partial charge in [0.15, 0.2) is 0 Å². The summed E-state index contributed by atoms with van der Waals surface area (Å²) in [6.45, 7) is 0.630. The van der Waals surface area contributed by atoms with Crippen LogP contribution in [0.15, 0.2) is 30.5 Å². The van der Waals surface area contributed by atoms with Crippen molar-refractivity contribution in [3.05, 3.63) is 41.7 Å². The van der Waals surface area contributed by atoms with E-state index in [0.717, 1.165) is 12.3 Å². The second-order valence-electron chi connectivity index (χ2n) is 5.91. The summed E-state index contributed by atoms with van der Waals surface area (Å²) in [5.41, 5.74) is 2.70. The van der Waals surface area contributed by atoms with Gasteiger partial charge in [0.25, 0.3) is 18.2 Å². The van der Waals surface area contributed by atoms with E-state index < -0.39 is 18.0 Å². The van der Waals surface area contributed by atoms with Crippen LogP contribution < -0.4 is 20.9 Å². The lowest BCUT2D eigenvalue weighted by molar-refractivity contribution is -0.125. The van der Waals surface area contributed by atoms with Gasteiger partial charge in [-0.25, -0.2) is 14.6 Å². The Morgan fingerprint density at radius 3 is 2.79 bits per heavy atom. The molecule has 2 amide bonds. The van der Waals surface area contributed by atoms with Gasteiger partial charge in [-0.15, -0.1) is 0 Å². The topological polar surface area (TPSA) is 107 Å². The van der Waals surface area contributed by atoms with Crippen LogP contribution in [0.3, 0.4) is 0 Å². The van der Waals surface area contributed by atoms with E-state index in [0.29, 0.717) is 18.8 Å². The van der Waals surface area contributed by atoms with Crippen LogP contribution in [0.1, 0.15) is 22.5 Å². The number of pyridine rings is 1. The molecule has 0 spiro atoms. The first kappa shape index (κ1) is 19.6. The molecule has 10 heteroatoms. The van der Waals surface area contributed by atoms with Crippen molar-refractivity contribution in [1.82, 2.24) is 10.4 Å². The van der Waals surface area contributed by atoms with E-state index in [-0.39, 0.29) is 35.0 Å². The fraction of sp³-hybridized carbons (Fsp3) is 0.278. The van der Waals surface area contributed by atoms with Crippen LogP contribution in [0.25, 0.3) is 11.1 Å². The van der Waals surface area contributed by atoms with Gasteiger partial charge in [-0.3, -0.25) is 20.0 Å². The predicted octanol–water partition coefficient (Wildman–Crippen LogP) is 1.66. The maximum absolute atomic E-state index is 13.2. The van der Waals surface area contributed by atoms with Gasteiger partial charge in [-0.2, -0.15) is 0 Å². The van der Waals surface area contributed by atoms with E-state index in [4.69, 9.17) is 15.3 Å². The molecule has 8 nitrogen and oxygen atoms in total. The number of hydrazine groups is 1. The Kier molecular flexibility index (Phi) is 5.81. The first-order chi connectivity index (χ1) is 13.5. The zero-order valence-electron chi connectivity index (χ0n) is 14.9. The predicted molar refractivity (Wildman–Crippen MR) is 96.0 cm³/mol. The van der Waals surface area contributed by atoms with Gasteiger partial charge in [-0.1, -0.05) is 0 Å². The quantitative estimate of drug-likeness (QED) is 0.455. The Morgan fingerprint density at radius 2 is 2.14 bits per heavy atom. The van der Waals surface area contributed by atoms with E-state index in [2.05, 4.69) is 4.98 Å². The summed E-state index contributed by atoms with van der Waals surface area (Å²) in [4.78, 5) is 29.6. The first-order valence-corrected chi connectivity index (χ1v) is 8.31. The Bertz CT molecular complexity index is 907. The minimum absolute atomic E-state index is 0.0610. The number of nitrogens with two attached hydrogens (primary N) is 1. The smallest absolute Gasteiger partial charge is 0.280 e. The number of aromatic nitrogens is 1. The second kappa shape index (κ2) is 8.28. The minimum atomic E-state index is -2.81. The fourth-order valence-corrected chi connectivity index (χ4v) is 2.94. The molecule has 1 fully saturated rings. The van der Waals surface area contributed by atoms with Crippen molar-refractivity contribution < 1.29 is 27.8 Å². The van der Waals surface area contributed by atoms with E-state index in [1.54, 1.807) is 12.1 Å². The average molecular weight is 392 g/mol. The molecular weight excluding hydrogens is 374 g/mol. The van der Waals surface area contributed by atoms with E-state index in [9.17, 15) is 18.4 Å². The summed E-state index contributed by atoms with van der Waals surface area (Å²) in [7, 11) is 1.36. The number of alkyl halides is 2. The largest absolute Gasteiger partial charge is 0.494 e. The summed E-state index contributed by atoms with van der Waals surface area (Å²) in [5, 5.41) is 0. The third-order valence-electron chi connectivity index (χ3n) is 4.30. The van der Waals surface area contributed by atoms with Crippen LogP contribution in [0.5, 0.6) is 5.75 Å². The lowest BCUT2D eigenvalue weighted by Crippen LogP contribution is -2.41. The highest BCUT2D eigenvalue weighted by Gasteiger charge is 2.24. The number of rotatable bonds is 5. The van der Waals surface area contributed by atoms with Crippen molar-refractivity contribution in [2.75, 3.05) is 31.8 Å². The van der Waals surface area contributed by atoms with Gasteiger partial charge in [0, 0.05) is 28.9 Å². The van der Waals surface area contributed by atoms with E-state index in [1.807, 2.05) is 5.43 Å². The summed E-state index contributed by atoms with van der Waals surface area (Å²) >= 11 is 0. The Balaban J connectivity index is 2.19. The maximum Gasteiger partial charge on any atom is 0.280 e. The molecule has 0 aliphatic carbocycles. The lowest BCUT2D eigenvalue weighted by Gasteiger charge is -2.27. The monoisotopic (exact) mass is 392 g/mol. The zero-order chi connectivity index (χ0) is 20.3. The molecule has 1 aromatic heterocycles. The summed E-state index contributed by atoms with van der Waals surface area (Å²) in [6.07, 6.45) is -1.64. The van der Waals surface area contributed by atoms with Crippen LogP contribution in [-0.2, 0) is 9.53 Å². The van der Waals surface area contributed by atoms with Crippen LogP contribution in [0.4, 0.5) is 14.5 Å². The number of nitrogens with one attached hydrogen (secondary N) is 1. The number of ether oxygens (including phenoxy) is 2. The average Bonchev–Trinajstić information content (AvgIpc) is 2.72. The van der Waals surface area contributed by atoms with Gasteiger partial charge < -0.3 is 14.4 Å². The number of nitrogen functional groups attached to an aromatic ring is 1. The fourth-order valence-electron chi connectivity index (χ4n) is 2.94. The van der Waals surface area contributed by atoms with E-state index in [1.165, 1.54) is 18.1 Å². The molecule has 3 rings (SSSR count). The van der Waals surface area contributed by atoms with Crippen molar-refractivity contribution in [3.63, 3.8) is 0 Å². The first-order valence-electron chi connectivity index (χ1n) is 8.31. The Hall–Kier alpha value is -3.11. The van der Waals surface area contributed by atoms with Crippen LogP contribution in [0, 0.1) is 0 Å². The standard InChI is InChI=1S/C18H18F2N4O4/c1-27-15-8-22-14(17(19)20)7-13(15)12-6-10(2-3-11(12)18(26)23-21)24-4-5-28-9-16(24)25/h2-3,6-8,17H,4-5,9,21H2,1H3,(H,23,26). The number of carbonyl (C=O) groups excluding carboxylic acids is 2. The number of morpholine rings is 1. The molecule has 2 heterocycles. The molecule has 1 aliphatic heterocycles. The Morgan fingerprint density at radius 1 is 1.36 bits per heavy atom. The molecule has 148 valence electrons. The number of hydrogen-bond acceptors (Lipinski definition) is 6. The molecule has 0 saturated carbocycles. The van der Waals surface area contributed by atoms with E-state index >= 15 is 0 Å². The van der Waals surface area contributed by atoms with Crippen LogP contribution >= 0.6 is 0 Å². The number of nitrogens with zero attached hydrogens (tertiary/aromatic N) is 2. The number of amides is 2. The van der Waals surface area contributed by atoms with Crippen LogP contribution in [0.2, 0.25) is 0 Å². The van der Waals surface area contributed by atoms with Gasteiger partial charge in [0.1, 0.15) is 18.1 Å². The van der Waals surface area contributed by atoms with Gasteiger partial charge in [-0.05, 0) is 24.3 Å². The lowest BCUT2D eigenvalue weighted by atomic mass is 9.97. The molecule has 2 aromatic rings. The second-order valence-corrected chi connectivity index (χ2v) is 5.91. The highest BCUT2D eigenvalue weighted by Crippen LogP contribution is 2.36.